The molecule has 0 atom stereocenters. The highest BCUT2D eigenvalue weighted by atomic mass is 35.5. The van der Waals surface area contributed by atoms with Gasteiger partial charge in [-0.25, -0.2) is 4.98 Å². The molecular formula is C22H16ClN3S2. The largest absolute Gasteiger partial charge is 0.318 e. The van der Waals surface area contributed by atoms with Crippen LogP contribution in [0.2, 0.25) is 5.02 Å². The Morgan fingerprint density at radius 3 is 2.75 bits per heavy atom. The van der Waals surface area contributed by atoms with Crippen LogP contribution in [-0.2, 0) is 0 Å². The van der Waals surface area contributed by atoms with Gasteiger partial charge >= 0.3 is 0 Å². The third-order valence-electron chi connectivity index (χ3n) is 4.40. The molecule has 0 saturated carbocycles. The second-order valence-corrected chi connectivity index (χ2v) is 9.07. The van der Waals surface area contributed by atoms with E-state index in [1.807, 2.05) is 54.6 Å². The summed E-state index contributed by atoms with van der Waals surface area (Å²) in [6.45, 7) is 4.11. The number of nitriles is 1. The standard InChI is InChI=1S/C22H16ClN3S2/c1-14-10-16(15(2)26(14)18-7-5-6-17(23)12-18)11-19(13-24)27-22-25-20-8-3-4-9-21(20)28-22/h3-12H,1-2H3. The van der Waals surface area contributed by atoms with Gasteiger partial charge in [0.2, 0.25) is 0 Å². The van der Waals surface area contributed by atoms with Gasteiger partial charge in [-0.15, -0.1) is 11.3 Å². The van der Waals surface area contributed by atoms with E-state index in [-0.39, 0.29) is 0 Å². The molecule has 0 bridgehead atoms. The molecule has 138 valence electrons. The summed E-state index contributed by atoms with van der Waals surface area (Å²) in [4.78, 5) is 5.23. The number of aromatic nitrogens is 2. The van der Waals surface area contributed by atoms with Crippen molar-refractivity contribution in [3.8, 4) is 11.8 Å². The molecule has 2 aromatic carbocycles. The molecule has 2 aromatic heterocycles. The number of benzene rings is 2. The van der Waals surface area contributed by atoms with E-state index in [1.54, 1.807) is 11.3 Å². The number of thiazole rings is 1. The van der Waals surface area contributed by atoms with E-state index in [0.717, 1.165) is 37.2 Å². The molecule has 0 unspecified atom stereocenters. The molecule has 0 N–H and O–H groups in total. The Bertz CT molecular complexity index is 1210. The second kappa shape index (κ2) is 7.84. The number of rotatable bonds is 4. The number of nitrogens with zero attached hydrogens (tertiary/aromatic N) is 3. The van der Waals surface area contributed by atoms with Gasteiger partial charge < -0.3 is 4.57 Å². The minimum atomic E-state index is 0.616. The molecule has 0 aliphatic heterocycles. The number of hydrogen-bond donors (Lipinski definition) is 0. The topological polar surface area (TPSA) is 41.6 Å². The smallest absolute Gasteiger partial charge is 0.156 e. The van der Waals surface area contributed by atoms with Crippen LogP contribution < -0.4 is 0 Å². The normalized spacial score (nSPS) is 11.7. The highest BCUT2D eigenvalue weighted by Gasteiger charge is 2.12. The third kappa shape index (κ3) is 3.72. The zero-order valence-electron chi connectivity index (χ0n) is 15.3. The summed E-state index contributed by atoms with van der Waals surface area (Å²) in [6.07, 6.45) is 1.93. The van der Waals surface area contributed by atoms with Gasteiger partial charge in [0.15, 0.2) is 4.34 Å². The van der Waals surface area contributed by atoms with Crippen LogP contribution in [0.1, 0.15) is 17.0 Å². The average Bonchev–Trinajstić information content (AvgIpc) is 3.21. The summed E-state index contributed by atoms with van der Waals surface area (Å²) < 4.78 is 4.15. The molecule has 3 nitrogen and oxygen atoms in total. The van der Waals surface area contributed by atoms with Crippen LogP contribution in [0, 0.1) is 25.2 Å². The Hall–Kier alpha value is -2.52. The van der Waals surface area contributed by atoms with E-state index >= 15 is 0 Å². The molecule has 0 fully saturated rings. The van der Waals surface area contributed by atoms with Gasteiger partial charge in [0, 0.05) is 22.1 Å². The van der Waals surface area contributed by atoms with Crippen molar-refractivity contribution in [1.82, 2.24) is 9.55 Å². The lowest BCUT2D eigenvalue weighted by molar-refractivity contribution is 0.964. The lowest BCUT2D eigenvalue weighted by Crippen LogP contribution is -1.98. The van der Waals surface area contributed by atoms with E-state index in [0.29, 0.717) is 9.93 Å². The quantitative estimate of drug-likeness (QED) is 0.262. The van der Waals surface area contributed by atoms with Gasteiger partial charge in [0.1, 0.15) is 6.07 Å². The summed E-state index contributed by atoms with van der Waals surface area (Å²) in [5.74, 6) is 0. The van der Waals surface area contributed by atoms with Crippen LogP contribution in [0.15, 0.2) is 63.8 Å². The molecular weight excluding hydrogens is 406 g/mol. The molecule has 0 amide bonds. The number of aryl methyl sites for hydroxylation is 1. The lowest BCUT2D eigenvalue weighted by atomic mass is 10.2. The predicted octanol–water partition coefficient (Wildman–Crippen LogP) is 7.01. The van der Waals surface area contributed by atoms with E-state index in [1.165, 1.54) is 11.8 Å². The molecule has 0 radical (unpaired) electrons. The number of halogens is 1. The first-order valence-electron chi connectivity index (χ1n) is 8.65. The van der Waals surface area contributed by atoms with Gasteiger partial charge in [-0.2, -0.15) is 5.26 Å². The fraction of sp³-hybridized carbons (Fsp3) is 0.0909. The Balaban J connectivity index is 1.69. The molecule has 0 saturated heterocycles. The van der Waals surface area contributed by atoms with E-state index < -0.39 is 0 Å². The maximum absolute atomic E-state index is 9.66. The second-order valence-electron chi connectivity index (χ2n) is 6.31. The van der Waals surface area contributed by atoms with Gasteiger partial charge in [0.05, 0.1) is 15.1 Å². The Kier molecular flexibility index (Phi) is 5.27. The fourth-order valence-electron chi connectivity index (χ4n) is 3.16. The fourth-order valence-corrected chi connectivity index (χ4v) is 5.31. The molecule has 28 heavy (non-hydrogen) atoms. The maximum atomic E-state index is 9.66. The number of fused-ring (bicyclic) bond motifs is 1. The van der Waals surface area contributed by atoms with E-state index in [2.05, 4.69) is 35.5 Å². The monoisotopic (exact) mass is 421 g/mol. The van der Waals surface area contributed by atoms with Crippen LogP contribution >= 0.6 is 34.7 Å². The molecule has 4 rings (SSSR count). The van der Waals surface area contributed by atoms with Crippen molar-refractivity contribution in [2.45, 2.75) is 18.2 Å². The number of thioether (sulfide) groups is 1. The number of para-hydroxylation sites is 1. The molecule has 4 aromatic rings. The molecule has 6 heteroatoms. The summed E-state index contributed by atoms with van der Waals surface area (Å²) in [5, 5.41) is 10.4. The first-order valence-corrected chi connectivity index (χ1v) is 10.7. The zero-order chi connectivity index (χ0) is 19.7. The van der Waals surface area contributed by atoms with Crippen LogP contribution in [0.4, 0.5) is 0 Å². The highest BCUT2D eigenvalue weighted by molar-refractivity contribution is 8.05. The van der Waals surface area contributed by atoms with Gasteiger partial charge in [0.25, 0.3) is 0 Å². The summed E-state index contributed by atoms with van der Waals surface area (Å²) >= 11 is 9.17. The Labute approximate surface area is 176 Å². The Morgan fingerprint density at radius 1 is 1.18 bits per heavy atom. The van der Waals surface area contributed by atoms with E-state index in [4.69, 9.17) is 11.6 Å². The van der Waals surface area contributed by atoms with Crippen molar-refractivity contribution >= 4 is 51.0 Å². The summed E-state index contributed by atoms with van der Waals surface area (Å²) in [6, 6.07) is 20.2. The summed E-state index contributed by atoms with van der Waals surface area (Å²) in [7, 11) is 0. The van der Waals surface area contributed by atoms with E-state index in [9.17, 15) is 5.26 Å². The van der Waals surface area contributed by atoms with Gasteiger partial charge in [-0.05, 0) is 73.6 Å². The van der Waals surface area contributed by atoms with Crippen molar-refractivity contribution in [2.24, 2.45) is 0 Å². The first kappa shape index (κ1) is 18.8. The van der Waals surface area contributed by atoms with Gasteiger partial charge in [-0.3, -0.25) is 0 Å². The van der Waals surface area contributed by atoms with Crippen molar-refractivity contribution in [3.05, 3.63) is 81.5 Å². The van der Waals surface area contributed by atoms with Crippen LogP contribution in [0.25, 0.3) is 22.0 Å². The van der Waals surface area contributed by atoms with Crippen molar-refractivity contribution in [3.63, 3.8) is 0 Å². The molecule has 0 aliphatic carbocycles. The maximum Gasteiger partial charge on any atom is 0.156 e. The number of hydrogen-bond acceptors (Lipinski definition) is 4. The lowest BCUT2D eigenvalue weighted by Gasteiger charge is -2.10. The third-order valence-corrected chi connectivity index (χ3v) is 6.67. The minimum Gasteiger partial charge on any atom is -0.318 e. The average molecular weight is 422 g/mol. The highest BCUT2D eigenvalue weighted by Crippen LogP contribution is 2.35. The molecule has 0 spiro atoms. The summed E-state index contributed by atoms with van der Waals surface area (Å²) in [5.41, 5.74) is 5.15. The van der Waals surface area contributed by atoms with Crippen LogP contribution in [-0.4, -0.2) is 9.55 Å². The molecule has 2 heterocycles. The Morgan fingerprint density at radius 2 is 2.00 bits per heavy atom. The van der Waals surface area contributed by atoms with Crippen LogP contribution in [0.3, 0.4) is 0 Å². The SMILES string of the molecule is Cc1cc(C=C(C#N)Sc2nc3ccccc3s2)c(C)n1-c1cccc(Cl)c1. The van der Waals surface area contributed by atoms with Gasteiger partial charge in [-0.1, -0.05) is 29.8 Å². The molecule has 0 aliphatic rings. The van der Waals surface area contributed by atoms with Crippen molar-refractivity contribution < 1.29 is 0 Å². The minimum absolute atomic E-state index is 0.616. The zero-order valence-corrected chi connectivity index (χ0v) is 17.7. The van der Waals surface area contributed by atoms with Crippen molar-refractivity contribution in [1.29, 1.82) is 5.26 Å². The van der Waals surface area contributed by atoms with Crippen molar-refractivity contribution in [2.75, 3.05) is 0 Å². The predicted molar refractivity (Wildman–Crippen MR) is 119 cm³/mol. The number of allylic oxidation sites excluding steroid dienone is 1. The first-order chi connectivity index (χ1) is 13.5. The van der Waals surface area contributed by atoms with Crippen LogP contribution in [0.5, 0.6) is 0 Å².